The number of aromatic nitrogens is 3. The Morgan fingerprint density at radius 2 is 2.12 bits per heavy atom. The van der Waals surface area contributed by atoms with E-state index >= 15 is 0 Å². The predicted octanol–water partition coefficient (Wildman–Crippen LogP) is 3.85. The van der Waals surface area contributed by atoms with Gasteiger partial charge in [-0.2, -0.15) is 0 Å². The molecule has 4 aromatic rings. The van der Waals surface area contributed by atoms with Crippen molar-refractivity contribution in [1.82, 2.24) is 14.5 Å². The zero-order valence-corrected chi connectivity index (χ0v) is 15.8. The number of aromatic amines is 1. The van der Waals surface area contributed by atoms with Crippen molar-refractivity contribution in [3.05, 3.63) is 69.0 Å². The predicted molar refractivity (Wildman–Crippen MR) is 106 cm³/mol. The SMILES string of the molecule is O=C(Cn1cc(Br)ccc1=O)Nc1nc(-c2c[nH]c3ccccc23)cs1. The second-order valence-electron chi connectivity index (χ2n) is 5.65. The van der Waals surface area contributed by atoms with Crippen molar-refractivity contribution >= 4 is 49.2 Å². The lowest BCUT2D eigenvalue weighted by molar-refractivity contribution is -0.116. The summed E-state index contributed by atoms with van der Waals surface area (Å²) in [6, 6.07) is 11.0. The fourth-order valence-electron chi connectivity index (χ4n) is 2.68. The van der Waals surface area contributed by atoms with Gasteiger partial charge in [-0.25, -0.2) is 4.98 Å². The van der Waals surface area contributed by atoms with Gasteiger partial charge in [-0.15, -0.1) is 11.3 Å². The molecule has 0 saturated heterocycles. The van der Waals surface area contributed by atoms with E-state index in [0.29, 0.717) is 5.13 Å². The number of thiazole rings is 1. The average molecular weight is 429 g/mol. The van der Waals surface area contributed by atoms with Crippen LogP contribution in [0.4, 0.5) is 5.13 Å². The molecule has 6 nitrogen and oxygen atoms in total. The molecule has 1 amide bonds. The Kier molecular flexibility index (Phi) is 4.44. The van der Waals surface area contributed by atoms with Crippen molar-refractivity contribution in [1.29, 1.82) is 0 Å². The van der Waals surface area contributed by atoms with Gasteiger partial charge in [0.2, 0.25) is 5.91 Å². The van der Waals surface area contributed by atoms with Crippen LogP contribution in [0, 0.1) is 0 Å². The molecule has 0 spiro atoms. The third-order valence-electron chi connectivity index (χ3n) is 3.88. The number of fused-ring (bicyclic) bond motifs is 1. The number of pyridine rings is 1. The van der Waals surface area contributed by atoms with Crippen LogP contribution < -0.4 is 10.9 Å². The summed E-state index contributed by atoms with van der Waals surface area (Å²) in [7, 11) is 0. The van der Waals surface area contributed by atoms with Crippen LogP contribution in [-0.4, -0.2) is 20.4 Å². The Morgan fingerprint density at radius 3 is 3.00 bits per heavy atom. The number of nitrogens with zero attached hydrogens (tertiary/aromatic N) is 2. The van der Waals surface area contributed by atoms with Gasteiger partial charge in [-0.3, -0.25) is 9.59 Å². The number of carbonyl (C=O) groups is 1. The maximum atomic E-state index is 12.2. The van der Waals surface area contributed by atoms with Crippen LogP contribution in [0.15, 0.2) is 63.4 Å². The normalized spacial score (nSPS) is 11.0. The van der Waals surface area contributed by atoms with Crippen LogP contribution in [0.3, 0.4) is 0 Å². The first-order chi connectivity index (χ1) is 12.6. The van der Waals surface area contributed by atoms with Crippen LogP contribution in [0.5, 0.6) is 0 Å². The highest BCUT2D eigenvalue weighted by Gasteiger charge is 2.12. The molecule has 3 aromatic heterocycles. The van der Waals surface area contributed by atoms with Gasteiger partial charge in [0.05, 0.1) is 5.69 Å². The van der Waals surface area contributed by atoms with Crippen LogP contribution in [0.2, 0.25) is 0 Å². The Hall–Kier alpha value is -2.71. The topological polar surface area (TPSA) is 79.8 Å². The van der Waals surface area contributed by atoms with Gasteiger partial charge >= 0.3 is 0 Å². The number of nitrogens with one attached hydrogen (secondary N) is 2. The molecule has 0 bridgehead atoms. The summed E-state index contributed by atoms with van der Waals surface area (Å²) in [4.78, 5) is 31.7. The highest BCUT2D eigenvalue weighted by molar-refractivity contribution is 9.10. The molecular weight excluding hydrogens is 416 g/mol. The monoisotopic (exact) mass is 428 g/mol. The number of rotatable bonds is 4. The van der Waals surface area contributed by atoms with Gasteiger partial charge in [0.1, 0.15) is 6.54 Å². The third-order valence-corrected chi connectivity index (χ3v) is 5.10. The first-order valence-corrected chi connectivity index (χ1v) is 9.45. The Morgan fingerprint density at radius 1 is 1.27 bits per heavy atom. The average Bonchev–Trinajstić information content (AvgIpc) is 3.24. The van der Waals surface area contributed by atoms with Crippen molar-refractivity contribution in [3.8, 4) is 11.3 Å². The Balaban J connectivity index is 1.52. The van der Waals surface area contributed by atoms with E-state index in [1.807, 2.05) is 35.8 Å². The van der Waals surface area contributed by atoms with Crippen LogP contribution >= 0.6 is 27.3 Å². The molecule has 0 aliphatic rings. The molecule has 130 valence electrons. The van der Waals surface area contributed by atoms with Crippen molar-refractivity contribution in [2.45, 2.75) is 6.54 Å². The quantitative estimate of drug-likeness (QED) is 0.517. The smallest absolute Gasteiger partial charge is 0.251 e. The molecule has 0 atom stereocenters. The van der Waals surface area contributed by atoms with Crippen molar-refractivity contribution in [2.75, 3.05) is 5.32 Å². The number of anilines is 1. The number of H-pyrrole nitrogens is 1. The highest BCUT2D eigenvalue weighted by Crippen LogP contribution is 2.30. The molecule has 2 N–H and O–H groups in total. The first kappa shape index (κ1) is 16.7. The standard InChI is InChI=1S/C18H13BrN4O2S/c19-11-5-6-17(25)23(8-11)9-16(24)22-18-21-15(10-26-18)13-7-20-14-4-2-1-3-12(13)14/h1-8,10,20H,9H2,(H,21,22,24). The summed E-state index contributed by atoms with van der Waals surface area (Å²) in [5, 5.41) is 6.23. The summed E-state index contributed by atoms with van der Waals surface area (Å²) in [6.45, 7) is -0.0692. The maximum Gasteiger partial charge on any atom is 0.251 e. The second kappa shape index (κ2) is 6.89. The van der Waals surface area contributed by atoms with Gasteiger partial charge in [0, 0.05) is 44.8 Å². The minimum absolute atomic E-state index is 0.0692. The van der Waals surface area contributed by atoms with Gasteiger partial charge in [0.15, 0.2) is 5.13 Å². The van der Waals surface area contributed by atoms with E-state index in [0.717, 1.165) is 26.6 Å². The van der Waals surface area contributed by atoms with Gasteiger partial charge in [0.25, 0.3) is 5.56 Å². The molecule has 0 aliphatic heterocycles. The summed E-state index contributed by atoms with van der Waals surface area (Å²) in [5.74, 6) is -0.301. The van der Waals surface area contributed by atoms with Crippen LogP contribution in [0.25, 0.3) is 22.2 Å². The fraction of sp³-hybridized carbons (Fsp3) is 0.0556. The number of amides is 1. The van der Waals surface area contributed by atoms with E-state index in [9.17, 15) is 9.59 Å². The van der Waals surface area contributed by atoms with Crippen molar-refractivity contribution < 1.29 is 4.79 Å². The number of benzene rings is 1. The molecule has 0 fully saturated rings. The zero-order valence-electron chi connectivity index (χ0n) is 13.4. The number of carbonyl (C=O) groups excluding carboxylic acids is 1. The summed E-state index contributed by atoms with van der Waals surface area (Å²) >= 11 is 4.64. The van der Waals surface area contributed by atoms with E-state index in [1.54, 1.807) is 12.3 Å². The largest absolute Gasteiger partial charge is 0.360 e. The molecule has 1 aromatic carbocycles. The lowest BCUT2D eigenvalue weighted by atomic mass is 10.1. The highest BCUT2D eigenvalue weighted by atomic mass is 79.9. The molecule has 8 heteroatoms. The van der Waals surface area contributed by atoms with E-state index in [2.05, 4.69) is 31.2 Å². The van der Waals surface area contributed by atoms with Crippen LogP contribution in [-0.2, 0) is 11.3 Å². The molecule has 26 heavy (non-hydrogen) atoms. The fourth-order valence-corrected chi connectivity index (χ4v) is 3.78. The third kappa shape index (κ3) is 3.33. The first-order valence-electron chi connectivity index (χ1n) is 7.78. The molecule has 4 rings (SSSR count). The van der Waals surface area contributed by atoms with Crippen molar-refractivity contribution in [2.24, 2.45) is 0 Å². The van der Waals surface area contributed by atoms with Crippen LogP contribution in [0.1, 0.15) is 0 Å². The van der Waals surface area contributed by atoms with Gasteiger partial charge < -0.3 is 14.9 Å². The van der Waals surface area contributed by atoms with E-state index in [4.69, 9.17) is 0 Å². The van der Waals surface area contributed by atoms with E-state index in [1.165, 1.54) is 22.0 Å². The number of hydrogen-bond donors (Lipinski definition) is 2. The number of para-hydroxylation sites is 1. The lowest BCUT2D eigenvalue weighted by Crippen LogP contribution is -2.26. The van der Waals surface area contributed by atoms with Gasteiger partial charge in [-0.1, -0.05) is 18.2 Å². The molecule has 0 aliphatic carbocycles. The summed E-state index contributed by atoms with van der Waals surface area (Å²) < 4.78 is 2.08. The summed E-state index contributed by atoms with van der Waals surface area (Å²) in [5.41, 5.74) is 2.58. The summed E-state index contributed by atoms with van der Waals surface area (Å²) in [6.07, 6.45) is 3.49. The minimum Gasteiger partial charge on any atom is -0.360 e. The Labute approximate surface area is 160 Å². The molecule has 0 saturated carbocycles. The van der Waals surface area contributed by atoms with Crippen molar-refractivity contribution in [3.63, 3.8) is 0 Å². The Bertz CT molecular complexity index is 1160. The van der Waals surface area contributed by atoms with E-state index < -0.39 is 0 Å². The lowest BCUT2D eigenvalue weighted by Gasteiger charge is -2.05. The van der Waals surface area contributed by atoms with E-state index in [-0.39, 0.29) is 18.0 Å². The molecular formula is C18H13BrN4O2S. The molecule has 3 heterocycles. The maximum absolute atomic E-state index is 12.2. The molecule has 0 radical (unpaired) electrons. The second-order valence-corrected chi connectivity index (χ2v) is 7.42. The minimum atomic E-state index is -0.301. The number of halogens is 1. The van der Waals surface area contributed by atoms with Gasteiger partial charge in [-0.05, 0) is 28.1 Å². The number of hydrogen-bond acceptors (Lipinski definition) is 4. The molecule has 0 unspecified atom stereocenters. The zero-order chi connectivity index (χ0) is 18.1.